The molecule has 0 unspecified atom stereocenters. The standard InChI is InChI=1S/C14H15NO4/c1-2-6-19-10-5-3-4-9(7-10)15-13(16)11-8-12(11)14(17)18/h2-5,7,11-12H,1,6,8H2,(H,15,16)(H,17,18)/t11-,12+/m1/s1. The van der Waals surface area contributed by atoms with E-state index in [1.54, 1.807) is 30.3 Å². The van der Waals surface area contributed by atoms with Crippen LogP contribution in [0.2, 0.25) is 0 Å². The molecule has 2 atom stereocenters. The predicted octanol–water partition coefficient (Wildman–Crippen LogP) is 1.91. The van der Waals surface area contributed by atoms with Gasteiger partial charge in [-0.15, -0.1) is 0 Å². The van der Waals surface area contributed by atoms with Crippen LogP contribution in [0.5, 0.6) is 5.75 Å². The smallest absolute Gasteiger partial charge is 0.307 e. The number of aliphatic carboxylic acids is 1. The molecule has 1 aromatic carbocycles. The average molecular weight is 261 g/mol. The van der Waals surface area contributed by atoms with Crippen molar-refractivity contribution in [1.82, 2.24) is 0 Å². The first-order valence-corrected chi connectivity index (χ1v) is 5.99. The number of hydrogen-bond donors (Lipinski definition) is 2. The fourth-order valence-electron chi connectivity index (χ4n) is 1.81. The second kappa shape index (κ2) is 5.56. The van der Waals surface area contributed by atoms with Crippen molar-refractivity contribution in [2.45, 2.75) is 6.42 Å². The molecule has 19 heavy (non-hydrogen) atoms. The number of anilines is 1. The molecule has 1 aliphatic rings. The van der Waals surface area contributed by atoms with Crippen LogP contribution in [0.4, 0.5) is 5.69 Å². The first-order valence-electron chi connectivity index (χ1n) is 5.99. The topological polar surface area (TPSA) is 75.6 Å². The molecule has 2 rings (SSSR count). The highest BCUT2D eigenvalue weighted by molar-refractivity contribution is 5.98. The van der Waals surface area contributed by atoms with Gasteiger partial charge in [0.2, 0.25) is 5.91 Å². The Balaban J connectivity index is 1.94. The van der Waals surface area contributed by atoms with Gasteiger partial charge in [-0.05, 0) is 18.6 Å². The number of nitrogens with one attached hydrogen (secondary N) is 1. The molecule has 1 aromatic rings. The fourth-order valence-corrected chi connectivity index (χ4v) is 1.81. The summed E-state index contributed by atoms with van der Waals surface area (Å²) in [6.45, 7) is 3.94. The number of ether oxygens (including phenoxy) is 1. The van der Waals surface area contributed by atoms with E-state index >= 15 is 0 Å². The summed E-state index contributed by atoms with van der Waals surface area (Å²) in [5, 5.41) is 11.5. The lowest BCUT2D eigenvalue weighted by Crippen LogP contribution is -2.16. The quantitative estimate of drug-likeness (QED) is 0.767. The van der Waals surface area contributed by atoms with E-state index in [0.29, 0.717) is 24.5 Å². The van der Waals surface area contributed by atoms with Crippen molar-refractivity contribution in [3.63, 3.8) is 0 Å². The minimum Gasteiger partial charge on any atom is -0.489 e. The molecule has 2 N–H and O–H groups in total. The molecule has 1 saturated carbocycles. The van der Waals surface area contributed by atoms with Crippen molar-refractivity contribution < 1.29 is 19.4 Å². The van der Waals surface area contributed by atoms with Gasteiger partial charge >= 0.3 is 5.97 Å². The van der Waals surface area contributed by atoms with Gasteiger partial charge in [0.25, 0.3) is 0 Å². The Bertz CT molecular complexity index is 512. The van der Waals surface area contributed by atoms with Crippen LogP contribution in [0, 0.1) is 11.8 Å². The van der Waals surface area contributed by atoms with E-state index < -0.39 is 17.8 Å². The van der Waals surface area contributed by atoms with Crippen LogP contribution in [-0.2, 0) is 9.59 Å². The minimum atomic E-state index is -0.914. The molecule has 0 heterocycles. The van der Waals surface area contributed by atoms with Crippen molar-refractivity contribution in [3.05, 3.63) is 36.9 Å². The third kappa shape index (κ3) is 3.34. The maximum atomic E-state index is 11.8. The highest BCUT2D eigenvalue weighted by Gasteiger charge is 2.48. The predicted molar refractivity (Wildman–Crippen MR) is 70.0 cm³/mol. The molecule has 0 radical (unpaired) electrons. The lowest BCUT2D eigenvalue weighted by Gasteiger charge is -2.07. The Hall–Kier alpha value is -2.30. The summed E-state index contributed by atoms with van der Waals surface area (Å²) < 4.78 is 5.35. The van der Waals surface area contributed by atoms with Gasteiger partial charge in [0, 0.05) is 11.8 Å². The van der Waals surface area contributed by atoms with Gasteiger partial charge in [0.15, 0.2) is 0 Å². The summed E-state index contributed by atoms with van der Waals surface area (Å²) in [5.41, 5.74) is 0.600. The third-order valence-corrected chi connectivity index (χ3v) is 2.91. The van der Waals surface area contributed by atoms with Gasteiger partial charge in [-0.1, -0.05) is 18.7 Å². The SMILES string of the molecule is C=CCOc1cccc(NC(=O)[C@@H]2C[C@@H]2C(=O)O)c1. The summed E-state index contributed by atoms with van der Waals surface area (Å²) in [6.07, 6.45) is 2.04. The van der Waals surface area contributed by atoms with Gasteiger partial charge in [-0.2, -0.15) is 0 Å². The van der Waals surface area contributed by atoms with Crippen LogP contribution in [0.25, 0.3) is 0 Å². The fraction of sp³-hybridized carbons (Fsp3) is 0.286. The molecule has 0 spiro atoms. The average Bonchev–Trinajstić information content (AvgIpc) is 3.17. The van der Waals surface area contributed by atoms with Crippen LogP contribution in [0.15, 0.2) is 36.9 Å². The normalized spacial score (nSPS) is 20.4. The monoisotopic (exact) mass is 261 g/mol. The van der Waals surface area contributed by atoms with Crippen LogP contribution >= 0.6 is 0 Å². The molecular formula is C14H15NO4. The Morgan fingerprint density at radius 1 is 1.47 bits per heavy atom. The molecule has 0 bridgehead atoms. The van der Waals surface area contributed by atoms with Crippen LogP contribution in [0.1, 0.15) is 6.42 Å². The molecule has 0 saturated heterocycles. The molecule has 1 aliphatic carbocycles. The van der Waals surface area contributed by atoms with Crippen molar-refractivity contribution in [2.75, 3.05) is 11.9 Å². The number of carboxylic acid groups (broad SMARTS) is 1. The summed E-state index contributed by atoms with van der Waals surface area (Å²) in [4.78, 5) is 22.5. The zero-order valence-electron chi connectivity index (χ0n) is 10.3. The molecule has 1 fully saturated rings. The van der Waals surface area contributed by atoms with E-state index in [9.17, 15) is 9.59 Å². The summed E-state index contributed by atoms with van der Waals surface area (Å²) in [5.74, 6) is -1.50. The Morgan fingerprint density at radius 2 is 2.26 bits per heavy atom. The number of rotatable bonds is 6. The maximum absolute atomic E-state index is 11.8. The lowest BCUT2D eigenvalue weighted by molar-refractivity contribution is -0.139. The van der Waals surface area contributed by atoms with Gasteiger partial charge in [-0.3, -0.25) is 9.59 Å². The second-order valence-electron chi connectivity index (χ2n) is 4.40. The van der Waals surface area contributed by atoms with Gasteiger partial charge in [0.1, 0.15) is 12.4 Å². The third-order valence-electron chi connectivity index (χ3n) is 2.91. The maximum Gasteiger partial charge on any atom is 0.307 e. The molecule has 0 aromatic heterocycles. The summed E-state index contributed by atoms with van der Waals surface area (Å²) in [7, 11) is 0. The Labute approximate surface area is 110 Å². The first-order chi connectivity index (χ1) is 9.11. The first kappa shape index (κ1) is 13.1. The molecule has 1 amide bonds. The van der Waals surface area contributed by atoms with Crippen molar-refractivity contribution >= 4 is 17.6 Å². The Morgan fingerprint density at radius 3 is 2.89 bits per heavy atom. The molecule has 5 heteroatoms. The van der Waals surface area contributed by atoms with Gasteiger partial charge < -0.3 is 15.2 Å². The van der Waals surface area contributed by atoms with Crippen LogP contribution in [0.3, 0.4) is 0 Å². The van der Waals surface area contributed by atoms with E-state index in [2.05, 4.69) is 11.9 Å². The number of carbonyl (C=O) groups excluding carboxylic acids is 1. The summed E-state index contributed by atoms with van der Waals surface area (Å²) in [6, 6.07) is 6.96. The zero-order chi connectivity index (χ0) is 13.8. The van der Waals surface area contributed by atoms with Gasteiger partial charge in [0.05, 0.1) is 11.8 Å². The lowest BCUT2D eigenvalue weighted by atomic mass is 10.2. The highest BCUT2D eigenvalue weighted by Crippen LogP contribution is 2.39. The van der Waals surface area contributed by atoms with Crippen molar-refractivity contribution in [2.24, 2.45) is 11.8 Å². The van der Waals surface area contributed by atoms with E-state index in [0.717, 1.165) is 0 Å². The second-order valence-corrected chi connectivity index (χ2v) is 4.40. The summed E-state index contributed by atoms with van der Waals surface area (Å²) >= 11 is 0. The largest absolute Gasteiger partial charge is 0.489 e. The van der Waals surface area contributed by atoms with E-state index in [4.69, 9.17) is 9.84 Å². The molecule has 0 aliphatic heterocycles. The van der Waals surface area contributed by atoms with Crippen molar-refractivity contribution in [1.29, 1.82) is 0 Å². The van der Waals surface area contributed by atoms with E-state index in [-0.39, 0.29) is 5.91 Å². The molecule has 100 valence electrons. The number of carboxylic acids is 1. The van der Waals surface area contributed by atoms with Crippen molar-refractivity contribution in [3.8, 4) is 5.75 Å². The van der Waals surface area contributed by atoms with Crippen LogP contribution < -0.4 is 10.1 Å². The number of amides is 1. The highest BCUT2D eigenvalue weighted by atomic mass is 16.5. The number of carbonyl (C=O) groups is 2. The molecule has 5 nitrogen and oxygen atoms in total. The minimum absolute atomic E-state index is 0.256. The molecular weight excluding hydrogens is 246 g/mol. The van der Waals surface area contributed by atoms with E-state index in [1.165, 1.54) is 0 Å². The number of benzene rings is 1. The van der Waals surface area contributed by atoms with Crippen LogP contribution in [-0.4, -0.2) is 23.6 Å². The zero-order valence-corrected chi connectivity index (χ0v) is 10.3. The number of hydrogen-bond acceptors (Lipinski definition) is 3. The van der Waals surface area contributed by atoms with Gasteiger partial charge in [-0.25, -0.2) is 0 Å². The Kier molecular flexibility index (Phi) is 3.85. The van der Waals surface area contributed by atoms with E-state index in [1.807, 2.05) is 0 Å².